The van der Waals surface area contributed by atoms with E-state index in [1.807, 2.05) is 0 Å². The van der Waals surface area contributed by atoms with E-state index in [4.69, 9.17) is 10.5 Å². The summed E-state index contributed by atoms with van der Waals surface area (Å²) in [6.45, 7) is 0.250. The van der Waals surface area contributed by atoms with Gasteiger partial charge in [0.2, 0.25) is 5.91 Å². The quantitative estimate of drug-likeness (QED) is 0.486. The zero-order valence-electron chi connectivity index (χ0n) is 18.4. The fraction of sp³-hybridized carbons (Fsp3) is 0.609. The second-order valence-electron chi connectivity index (χ2n) is 9.07. The lowest BCUT2D eigenvalue weighted by atomic mass is 9.68. The summed E-state index contributed by atoms with van der Waals surface area (Å²) in [6.07, 6.45) is 3.64. The summed E-state index contributed by atoms with van der Waals surface area (Å²) in [6, 6.07) is 2.73. The van der Waals surface area contributed by atoms with Crippen molar-refractivity contribution < 1.29 is 27.9 Å². The first-order valence-corrected chi connectivity index (χ1v) is 11.5. The Morgan fingerprint density at radius 2 is 1.79 bits per heavy atom. The Hall–Kier alpha value is -2.59. The van der Waals surface area contributed by atoms with Crippen LogP contribution in [0.3, 0.4) is 0 Å². The number of halogens is 2. The van der Waals surface area contributed by atoms with E-state index in [1.165, 1.54) is 17.0 Å². The van der Waals surface area contributed by atoms with E-state index in [0.717, 1.165) is 44.6 Å². The maximum atomic E-state index is 13.8. The average molecular weight is 465 g/mol. The number of primary amides is 1. The summed E-state index contributed by atoms with van der Waals surface area (Å²) in [5, 5.41) is 5.73. The number of benzene rings is 1. The van der Waals surface area contributed by atoms with Crippen LogP contribution >= 0.6 is 0 Å². The fourth-order valence-corrected chi connectivity index (χ4v) is 4.77. The SMILES string of the molecule is NC(=O)[C@@H](NC(C1CCC1)C1CCC1)C(=O)Nc1ccc(N2CCOCC2=O)c(C(F)F)c1. The van der Waals surface area contributed by atoms with Crippen molar-refractivity contribution in [3.63, 3.8) is 0 Å². The lowest BCUT2D eigenvalue weighted by molar-refractivity contribution is -0.129. The molecule has 0 unspecified atom stereocenters. The number of hydrogen-bond acceptors (Lipinski definition) is 5. The topological polar surface area (TPSA) is 114 Å². The first-order chi connectivity index (χ1) is 15.8. The Morgan fingerprint density at radius 3 is 2.30 bits per heavy atom. The van der Waals surface area contributed by atoms with Crippen LogP contribution in [0.15, 0.2) is 18.2 Å². The van der Waals surface area contributed by atoms with Gasteiger partial charge in [-0.15, -0.1) is 0 Å². The largest absolute Gasteiger partial charge is 0.370 e. The first kappa shape index (κ1) is 23.6. The standard InChI is InChI=1S/C23H30F2N4O4/c24-21(25)16-11-15(7-8-17(16)29-9-10-33-12-18(29)30)27-23(32)20(22(26)31)28-19(13-3-1-4-13)14-5-2-6-14/h7-8,11,13-14,19-21,28H,1-6,9-10,12H2,(H2,26,31)(H,27,32)/t20-/m1/s1. The highest BCUT2D eigenvalue weighted by Gasteiger charge is 2.39. The Balaban J connectivity index is 1.50. The van der Waals surface area contributed by atoms with Gasteiger partial charge in [-0.25, -0.2) is 8.78 Å². The number of ether oxygens (including phenoxy) is 1. The number of nitrogens with zero attached hydrogens (tertiary/aromatic N) is 1. The van der Waals surface area contributed by atoms with Crippen molar-refractivity contribution in [2.24, 2.45) is 17.6 Å². The normalized spacial score (nSPS) is 20.5. The van der Waals surface area contributed by atoms with Crippen molar-refractivity contribution in [3.05, 3.63) is 23.8 Å². The summed E-state index contributed by atoms with van der Waals surface area (Å²) in [5.74, 6) is -1.06. The number of amides is 3. The molecule has 4 N–H and O–H groups in total. The second-order valence-corrected chi connectivity index (χ2v) is 9.07. The highest BCUT2D eigenvalue weighted by molar-refractivity contribution is 6.09. The number of carbonyl (C=O) groups is 3. The van der Waals surface area contributed by atoms with Gasteiger partial charge in [0.25, 0.3) is 18.2 Å². The molecule has 1 atom stereocenters. The number of rotatable bonds is 9. The molecule has 2 saturated carbocycles. The smallest absolute Gasteiger partial charge is 0.265 e. The number of morpholine rings is 1. The molecule has 10 heteroatoms. The molecule has 0 spiro atoms. The van der Waals surface area contributed by atoms with Gasteiger partial charge in [-0.2, -0.15) is 0 Å². The molecule has 8 nitrogen and oxygen atoms in total. The van der Waals surface area contributed by atoms with Crippen LogP contribution in [-0.4, -0.2) is 49.6 Å². The van der Waals surface area contributed by atoms with E-state index in [9.17, 15) is 23.2 Å². The van der Waals surface area contributed by atoms with Crippen molar-refractivity contribution in [1.82, 2.24) is 5.32 Å². The highest BCUT2D eigenvalue weighted by Crippen LogP contribution is 2.40. The molecule has 3 fully saturated rings. The predicted molar refractivity (Wildman–Crippen MR) is 118 cm³/mol. The number of carbonyl (C=O) groups excluding carboxylic acids is 3. The molecule has 1 aromatic rings. The fourth-order valence-electron chi connectivity index (χ4n) is 4.77. The molecule has 0 radical (unpaired) electrons. The zero-order chi connectivity index (χ0) is 23.5. The molecule has 4 rings (SSSR count). The van der Waals surface area contributed by atoms with Crippen molar-refractivity contribution >= 4 is 29.1 Å². The van der Waals surface area contributed by atoms with Crippen molar-refractivity contribution in [1.29, 1.82) is 0 Å². The van der Waals surface area contributed by atoms with Crippen LogP contribution < -0.4 is 21.3 Å². The molecule has 33 heavy (non-hydrogen) atoms. The summed E-state index contributed by atoms with van der Waals surface area (Å²) >= 11 is 0. The number of hydrogen-bond donors (Lipinski definition) is 3. The van der Waals surface area contributed by atoms with Gasteiger partial charge in [0.05, 0.1) is 12.3 Å². The number of nitrogens with one attached hydrogen (secondary N) is 2. The number of anilines is 2. The molecular formula is C23H30F2N4O4. The van der Waals surface area contributed by atoms with E-state index in [0.29, 0.717) is 11.8 Å². The number of alkyl halides is 2. The van der Waals surface area contributed by atoms with Gasteiger partial charge in [-0.1, -0.05) is 12.8 Å². The molecule has 180 valence electrons. The van der Waals surface area contributed by atoms with Crippen LogP contribution in [0.2, 0.25) is 0 Å². The third-order valence-corrected chi connectivity index (χ3v) is 7.03. The highest BCUT2D eigenvalue weighted by atomic mass is 19.3. The van der Waals surface area contributed by atoms with Gasteiger partial charge >= 0.3 is 0 Å². The Labute approximate surface area is 191 Å². The van der Waals surface area contributed by atoms with Gasteiger partial charge in [0.1, 0.15) is 6.61 Å². The molecule has 0 bridgehead atoms. The van der Waals surface area contributed by atoms with Crippen LogP contribution in [0.1, 0.15) is 50.5 Å². The second kappa shape index (κ2) is 10.1. The van der Waals surface area contributed by atoms with Crippen LogP contribution in [0.4, 0.5) is 20.2 Å². The summed E-state index contributed by atoms with van der Waals surface area (Å²) < 4.78 is 32.6. The lowest BCUT2D eigenvalue weighted by Crippen LogP contribution is -2.58. The third-order valence-electron chi connectivity index (χ3n) is 7.03. The van der Waals surface area contributed by atoms with Crippen molar-refractivity contribution in [3.8, 4) is 0 Å². The summed E-state index contributed by atoms with van der Waals surface area (Å²) in [5.41, 5.74) is 5.34. The van der Waals surface area contributed by atoms with E-state index < -0.39 is 30.2 Å². The third kappa shape index (κ3) is 5.16. The minimum absolute atomic E-state index is 0.0436. The zero-order valence-corrected chi connectivity index (χ0v) is 18.4. The van der Waals surface area contributed by atoms with Crippen LogP contribution in [0, 0.1) is 11.8 Å². The molecule has 2 aliphatic carbocycles. The average Bonchev–Trinajstić information content (AvgIpc) is 2.69. The molecule has 1 saturated heterocycles. The molecule has 1 heterocycles. The molecule has 1 aromatic carbocycles. The molecular weight excluding hydrogens is 434 g/mol. The van der Waals surface area contributed by atoms with E-state index in [2.05, 4.69) is 10.6 Å². The Kier molecular flexibility index (Phi) is 7.23. The van der Waals surface area contributed by atoms with Gasteiger partial charge < -0.3 is 20.7 Å². The molecule has 0 aromatic heterocycles. The predicted octanol–water partition coefficient (Wildman–Crippen LogP) is 2.34. The van der Waals surface area contributed by atoms with Gasteiger partial charge in [-0.3, -0.25) is 19.7 Å². The number of nitrogens with two attached hydrogens (primary N) is 1. The minimum Gasteiger partial charge on any atom is -0.370 e. The van der Waals surface area contributed by atoms with Gasteiger partial charge in [0, 0.05) is 23.8 Å². The Bertz CT molecular complexity index is 890. The Morgan fingerprint density at radius 1 is 1.12 bits per heavy atom. The monoisotopic (exact) mass is 464 g/mol. The molecule has 3 amide bonds. The van der Waals surface area contributed by atoms with Gasteiger partial charge in [-0.05, 0) is 55.7 Å². The van der Waals surface area contributed by atoms with E-state index in [-0.39, 0.29) is 42.7 Å². The van der Waals surface area contributed by atoms with Gasteiger partial charge in [0.15, 0.2) is 6.04 Å². The van der Waals surface area contributed by atoms with Crippen LogP contribution in [-0.2, 0) is 19.1 Å². The molecule has 3 aliphatic rings. The molecule has 1 aliphatic heterocycles. The maximum absolute atomic E-state index is 13.8. The van der Waals surface area contributed by atoms with E-state index >= 15 is 0 Å². The van der Waals surface area contributed by atoms with E-state index in [1.54, 1.807) is 0 Å². The lowest BCUT2D eigenvalue weighted by Gasteiger charge is -2.44. The summed E-state index contributed by atoms with van der Waals surface area (Å²) in [7, 11) is 0. The maximum Gasteiger partial charge on any atom is 0.265 e. The van der Waals surface area contributed by atoms with Crippen molar-refractivity contribution in [2.75, 3.05) is 30.0 Å². The van der Waals surface area contributed by atoms with Crippen molar-refractivity contribution in [2.45, 2.75) is 57.0 Å². The summed E-state index contributed by atoms with van der Waals surface area (Å²) in [4.78, 5) is 38.4. The first-order valence-electron chi connectivity index (χ1n) is 11.5. The minimum atomic E-state index is -2.86. The van der Waals surface area contributed by atoms with Crippen LogP contribution in [0.5, 0.6) is 0 Å². The van der Waals surface area contributed by atoms with Crippen LogP contribution in [0.25, 0.3) is 0 Å².